The molecule has 0 saturated carbocycles. The number of nitrogens with zero attached hydrogens (tertiary/aromatic N) is 4. The van der Waals surface area contributed by atoms with Gasteiger partial charge in [-0.2, -0.15) is 0 Å². The van der Waals surface area contributed by atoms with Crippen molar-refractivity contribution in [2.24, 2.45) is 0 Å². The minimum absolute atomic E-state index is 0.140. The first-order valence-corrected chi connectivity index (χ1v) is 10.3. The zero-order valence-corrected chi connectivity index (χ0v) is 18.4. The van der Waals surface area contributed by atoms with E-state index < -0.39 is 0 Å². The summed E-state index contributed by atoms with van der Waals surface area (Å²) < 4.78 is 10.8. The minimum atomic E-state index is -0.140. The Labute approximate surface area is 185 Å². The van der Waals surface area contributed by atoms with Gasteiger partial charge in [-0.15, -0.1) is 0 Å². The molecule has 0 unspecified atom stereocenters. The van der Waals surface area contributed by atoms with Gasteiger partial charge in [0.05, 0.1) is 19.7 Å². The van der Waals surface area contributed by atoms with Gasteiger partial charge in [0.2, 0.25) is 0 Å². The van der Waals surface area contributed by atoms with Crippen LogP contribution in [0.25, 0.3) is 10.9 Å². The molecule has 9 heteroatoms. The van der Waals surface area contributed by atoms with Crippen LogP contribution >= 0.6 is 11.6 Å². The summed E-state index contributed by atoms with van der Waals surface area (Å²) in [5.41, 5.74) is 2.43. The van der Waals surface area contributed by atoms with Gasteiger partial charge in [-0.1, -0.05) is 17.7 Å². The van der Waals surface area contributed by atoms with E-state index in [0.717, 1.165) is 22.3 Å². The molecule has 1 aromatic heterocycles. The van der Waals surface area contributed by atoms with Gasteiger partial charge in [-0.05, 0) is 30.7 Å². The molecule has 0 bridgehead atoms. The van der Waals surface area contributed by atoms with E-state index in [-0.39, 0.29) is 6.03 Å². The van der Waals surface area contributed by atoms with Crippen molar-refractivity contribution in [3.05, 3.63) is 47.2 Å². The van der Waals surface area contributed by atoms with Crippen molar-refractivity contribution in [2.75, 3.05) is 50.6 Å². The van der Waals surface area contributed by atoms with Gasteiger partial charge in [0, 0.05) is 48.3 Å². The fourth-order valence-corrected chi connectivity index (χ4v) is 3.80. The zero-order valence-electron chi connectivity index (χ0n) is 17.7. The largest absolute Gasteiger partial charge is 0.493 e. The smallest absolute Gasteiger partial charge is 0.321 e. The van der Waals surface area contributed by atoms with Gasteiger partial charge in [0.15, 0.2) is 11.5 Å². The lowest BCUT2D eigenvalue weighted by molar-refractivity contribution is 0.208. The van der Waals surface area contributed by atoms with Crippen molar-refractivity contribution in [3.8, 4) is 11.5 Å². The van der Waals surface area contributed by atoms with Gasteiger partial charge >= 0.3 is 6.03 Å². The predicted octanol–water partition coefficient (Wildman–Crippen LogP) is 3.96. The minimum Gasteiger partial charge on any atom is -0.493 e. The number of benzene rings is 2. The number of hydrogen-bond donors (Lipinski definition) is 1. The predicted molar refractivity (Wildman–Crippen MR) is 122 cm³/mol. The van der Waals surface area contributed by atoms with Gasteiger partial charge in [0.1, 0.15) is 12.1 Å². The van der Waals surface area contributed by atoms with E-state index >= 15 is 0 Å². The van der Waals surface area contributed by atoms with E-state index in [2.05, 4.69) is 20.2 Å². The Morgan fingerprint density at radius 3 is 2.42 bits per heavy atom. The third-order valence-electron chi connectivity index (χ3n) is 5.41. The highest BCUT2D eigenvalue weighted by molar-refractivity contribution is 6.31. The average molecular weight is 442 g/mol. The average Bonchev–Trinajstić information content (AvgIpc) is 2.80. The van der Waals surface area contributed by atoms with Crippen LogP contribution in [-0.4, -0.2) is 61.3 Å². The van der Waals surface area contributed by atoms with Crippen LogP contribution in [0.1, 0.15) is 5.56 Å². The molecule has 1 aliphatic rings. The molecular weight excluding hydrogens is 418 g/mol. The molecule has 1 N–H and O–H groups in total. The number of rotatable bonds is 4. The standard InChI is InChI=1S/C22H24ClN5O3/c1-14-4-5-15(10-17(14)23)26-22(29)28-8-6-27(7-9-28)21-16-11-19(30-2)20(31-3)12-18(16)24-13-25-21/h4-5,10-13H,6-9H2,1-3H3,(H,26,29). The SMILES string of the molecule is COc1cc2ncnc(N3CCN(C(=O)Nc4ccc(C)c(Cl)c4)CC3)c2cc1OC. The number of urea groups is 1. The number of anilines is 2. The molecule has 1 aliphatic heterocycles. The van der Waals surface area contributed by atoms with E-state index in [1.807, 2.05) is 31.2 Å². The summed E-state index contributed by atoms with van der Waals surface area (Å²) in [6.07, 6.45) is 1.55. The Morgan fingerprint density at radius 2 is 1.74 bits per heavy atom. The van der Waals surface area contributed by atoms with Crippen LogP contribution in [0.4, 0.5) is 16.3 Å². The first kappa shape index (κ1) is 21.0. The summed E-state index contributed by atoms with van der Waals surface area (Å²) >= 11 is 6.16. The first-order chi connectivity index (χ1) is 15.0. The normalized spacial score (nSPS) is 13.9. The van der Waals surface area contributed by atoms with Gasteiger partial charge in [0.25, 0.3) is 0 Å². The molecule has 0 atom stereocenters. The van der Waals surface area contributed by atoms with E-state index in [9.17, 15) is 4.79 Å². The van der Waals surface area contributed by atoms with Crippen LogP contribution in [0.3, 0.4) is 0 Å². The van der Waals surface area contributed by atoms with Crippen molar-refractivity contribution in [1.29, 1.82) is 0 Å². The van der Waals surface area contributed by atoms with Crippen molar-refractivity contribution in [2.45, 2.75) is 6.92 Å². The summed E-state index contributed by atoms with van der Waals surface area (Å²) in [6, 6.07) is 9.10. The third kappa shape index (κ3) is 4.29. The van der Waals surface area contributed by atoms with Gasteiger partial charge < -0.3 is 24.6 Å². The van der Waals surface area contributed by atoms with Crippen LogP contribution in [0.2, 0.25) is 5.02 Å². The molecule has 2 heterocycles. The van der Waals surface area contributed by atoms with E-state index in [0.29, 0.717) is 48.4 Å². The maximum Gasteiger partial charge on any atom is 0.321 e. The molecule has 1 saturated heterocycles. The summed E-state index contributed by atoms with van der Waals surface area (Å²) in [7, 11) is 3.20. The molecular formula is C22H24ClN5O3. The molecule has 0 radical (unpaired) electrons. The number of hydrogen-bond acceptors (Lipinski definition) is 6. The lowest BCUT2D eigenvalue weighted by Crippen LogP contribution is -2.50. The highest BCUT2D eigenvalue weighted by atomic mass is 35.5. The molecule has 8 nitrogen and oxygen atoms in total. The number of piperazine rings is 1. The second kappa shape index (κ2) is 8.85. The Hall–Kier alpha value is -3.26. The van der Waals surface area contributed by atoms with Crippen molar-refractivity contribution in [3.63, 3.8) is 0 Å². The molecule has 0 aliphatic carbocycles. The van der Waals surface area contributed by atoms with E-state index in [1.165, 1.54) is 0 Å². The number of methoxy groups -OCH3 is 2. The molecule has 31 heavy (non-hydrogen) atoms. The number of halogens is 1. The number of ether oxygens (including phenoxy) is 2. The van der Waals surface area contributed by atoms with Crippen molar-refractivity contribution >= 4 is 40.0 Å². The molecule has 162 valence electrons. The Morgan fingerprint density at radius 1 is 1.03 bits per heavy atom. The number of fused-ring (bicyclic) bond motifs is 1. The van der Waals surface area contributed by atoms with Crippen LogP contribution in [0, 0.1) is 6.92 Å². The second-order valence-electron chi connectivity index (χ2n) is 7.29. The van der Waals surface area contributed by atoms with E-state index in [1.54, 1.807) is 31.5 Å². The van der Waals surface area contributed by atoms with Crippen molar-refractivity contribution < 1.29 is 14.3 Å². The van der Waals surface area contributed by atoms with Crippen LogP contribution in [-0.2, 0) is 0 Å². The number of aromatic nitrogens is 2. The molecule has 3 aromatic rings. The summed E-state index contributed by atoms with van der Waals surface area (Å²) in [6.45, 7) is 4.38. The fourth-order valence-electron chi connectivity index (χ4n) is 3.62. The highest BCUT2D eigenvalue weighted by Crippen LogP contribution is 2.35. The quantitative estimate of drug-likeness (QED) is 0.660. The maximum absolute atomic E-state index is 12.7. The molecule has 2 amide bonds. The number of carbonyl (C=O) groups excluding carboxylic acids is 1. The summed E-state index contributed by atoms with van der Waals surface area (Å²) in [5.74, 6) is 2.06. The Bertz CT molecular complexity index is 1120. The summed E-state index contributed by atoms with van der Waals surface area (Å²) in [4.78, 5) is 25.5. The number of amides is 2. The monoisotopic (exact) mass is 441 g/mol. The van der Waals surface area contributed by atoms with Gasteiger partial charge in [-0.25, -0.2) is 14.8 Å². The maximum atomic E-state index is 12.7. The topological polar surface area (TPSA) is 79.8 Å². The van der Waals surface area contributed by atoms with Crippen LogP contribution in [0.15, 0.2) is 36.7 Å². The number of nitrogens with one attached hydrogen (secondary N) is 1. The Kier molecular flexibility index (Phi) is 5.99. The number of aryl methyl sites for hydroxylation is 1. The lowest BCUT2D eigenvalue weighted by Gasteiger charge is -2.35. The Balaban J connectivity index is 1.47. The van der Waals surface area contributed by atoms with E-state index in [4.69, 9.17) is 21.1 Å². The number of carbonyl (C=O) groups is 1. The lowest BCUT2D eigenvalue weighted by atomic mass is 10.2. The van der Waals surface area contributed by atoms with Crippen LogP contribution < -0.4 is 19.7 Å². The molecule has 1 fully saturated rings. The first-order valence-electron chi connectivity index (χ1n) is 9.94. The second-order valence-corrected chi connectivity index (χ2v) is 7.70. The fraction of sp³-hybridized carbons (Fsp3) is 0.318. The van der Waals surface area contributed by atoms with Gasteiger partial charge in [-0.3, -0.25) is 0 Å². The highest BCUT2D eigenvalue weighted by Gasteiger charge is 2.24. The third-order valence-corrected chi connectivity index (χ3v) is 5.82. The van der Waals surface area contributed by atoms with Crippen LogP contribution in [0.5, 0.6) is 11.5 Å². The molecule has 4 rings (SSSR count). The summed E-state index contributed by atoms with van der Waals surface area (Å²) in [5, 5.41) is 4.43. The molecule has 2 aromatic carbocycles. The van der Waals surface area contributed by atoms with Crippen molar-refractivity contribution in [1.82, 2.24) is 14.9 Å². The zero-order chi connectivity index (χ0) is 22.0. The molecule has 0 spiro atoms.